The summed E-state index contributed by atoms with van der Waals surface area (Å²) < 4.78 is 0. The zero-order valence-electron chi connectivity index (χ0n) is 17.8. The van der Waals surface area contributed by atoms with Crippen LogP contribution in [0.25, 0.3) is 0 Å². The third-order valence-electron chi connectivity index (χ3n) is 4.17. The molecule has 9 heteroatoms. The van der Waals surface area contributed by atoms with Crippen molar-refractivity contribution in [2.45, 2.75) is 65.2 Å². The van der Waals surface area contributed by atoms with Crippen molar-refractivity contribution in [3.63, 3.8) is 0 Å². The number of anilines is 1. The van der Waals surface area contributed by atoms with E-state index in [4.69, 9.17) is 4.84 Å². The minimum absolute atomic E-state index is 0.0517. The van der Waals surface area contributed by atoms with E-state index < -0.39 is 11.9 Å². The molecule has 9 nitrogen and oxygen atoms in total. The number of carbonyl (C=O) groups is 6. The first-order valence-electron chi connectivity index (χ1n) is 10.1. The van der Waals surface area contributed by atoms with Crippen molar-refractivity contribution in [2.24, 2.45) is 0 Å². The molecule has 0 atom stereocenters. The van der Waals surface area contributed by atoms with Crippen LogP contribution >= 0.6 is 0 Å². The number of hydrogen-bond donors (Lipinski definition) is 1. The van der Waals surface area contributed by atoms with E-state index in [0.29, 0.717) is 23.6 Å². The Labute approximate surface area is 181 Å². The molecule has 1 aromatic rings. The van der Waals surface area contributed by atoms with Crippen LogP contribution in [0.5, 0.6) is 0 Å². The molecule has 0 aliphatic heterocycles. The third kappa shape index (κ3) is 10.8. The average Bonchev–Trinajstić information content (AvgIpc) is 2.71. The number of Topliss-reactive ketones (excluding diaryl/α,β-unsaturated/α-hetero) is 2. The number of ketones is 2. The van der Waals surface area contributed by atoms with Crippen LogP contribution in [0.1, 0.15) is 64.4 Å². The maximum absolute atomic E-state index is 12.0. The predicted molar refractivity (Wildman–Crippen MR) is 111 cm³/mol. The predicted octanol–water partition coefficient (Wildman–Crippen LogP) is 2.52. The first kappa shape index (κ1) is 25.7. The number of carbonyl (C=O) groups excluding carboxylic acids is 6. The summed E-state index contributed by atoms with van der Waals surface area (Å²) in [6.45, 7) is 3.14. The van der Waals surface area contributed by atoms with Crippen molar-refractivity contribution in [3.05, 3.63) is 29.8 Å². The van der Waals surface area contributed by atoms with Gasteiger partial charge in [-0.15, -0.1) is 5.06 Å². The monoisotopic (exact) mass is 432 g/mol. The molecule has 0 aliphatic carbocycles. The van der Waals surface area contributed by atoms with Gasteiger partial charge in [-0.05, 0) is 43.9 Å². The lowest BCUT2D eigenvalue weighted by atomic mass is 10.0. The number of imide groups is 1. The van der Waals surface area contributed by atoms with E-state index in [1.807, 2.05) is 0 Å². The van der Waals surface area contributed by atoms with Gasteiger partial charge in [0.25, 0.3) is 12.3 Å². The highest BCUT2D eigenvalue weighted by atomic mass is 16.7. The molecule has 31 heavy (non-hydrogen) atoms. The summed E-state index contributed by atoms with van der Waals surface area (Å²) in [7, 11) is 0. The Hall–Kier alpha value is -3.36. The van der Waals surface area contributed by atoms with E-state index in [1.165, 1.54) is 6.92 Å². The first-order valence-corrected chi connectivity index (χ1v) is 10.1. The lowest BCUT2D eigenvalue weighted by Gasteiger charge is -2.13. The molecule has 0 bridgehead atoms. The fraction of sp³-hybridized carbons (Fsp3) is 0.455. The number of nitrogens with zero attached hydrogens (tertiary/aromatic N) is 1. The van der Waals surface area contributed by atoms with E-state index in [0.717, 1.165) is 5.56 Å². The standard InChI is InChI=1S/C22H28N2O7/c1-3-5-21(29)24(15-25)31-22(30)7-4-6-20(28)23-18-11-8-17(9-12-18)10-13-19(27)14-16(2)26/h8-9,11-12,15H,3-7,10,13-14H2,1-2H3,(H,23,28). The molecular formula is C22H28N2O7. The minimum Gasteiger partial charge on any atom is -0.331 e. The highest BCUT2D eigenvalue weighted by Crippen LogP contribution is 2.13. The Balaban J connectivity index is 2.35. The normalized spacial score (nSPS) is 10.1. The van der Waals surface area contributed by atoms with Gasteiger partial charge in [0.05, 0.1) is 6.42 Å². The zero-order chi connectivity index (χ0) is 23.2. The summed E-state index contributed by atoms with van der Waals surface area (Å²) >= 11 is 0. The van der Waals surface area contributed by atoms with Crippen LogP contribution in [0.15, 0.2) is 24.3 Å². The second-order valence-corrected chi connectivity index (χ2v) is 7.05. The first-order chi connectivity index (χ1) is 14.7. The summed E-state index contributed by atoms with van der Waals surface area (Å²) in [5.41, 5.74) is 1.48. The number of rotatable bonds is 13. The number of nitrogens with one attached hydrogen (secondary N) is 1. The molecule has 0 spiro atoms. The Morgan fingerprint density at radius 3 is 2.26 bits per heavy atom. The molecule has 0 saturated carbocycles. The van der Waals surface area contributed by atoms with E-state index >= 15 is 0 Å². The summed E-state index contributed by atoms with van der Waals surface area (Å²) in [6, 6.07) is 6.99. The zero-order valence-corrected chi connectivity index (χ0v) is 17.8. The summed E-state index contributed by atoms with van der Waals surface area (Å²) in [6.07, 6.45) is 1.62. The van der Waals surface area contributed by atoms with Crippen molar-refractivity contribution in [3.8, 4) is 0 Å². The second kappa shape index (κ2) is 13.8. The van der Waals surface area contributed by atoms with Gasteiger partial charge in [0, 0.05) is 31.4 Å². The molecule has 1 rings (SSSR count). The molecule has 0 fully saturated rings. The summed E-state index contributed by atoms with van der Waals surface area (Å²) in [5, 5.41) is 3.07. The van der Waals surface area contributed by atoms with Gasteiger partial charge in [-0.25, -0.2) is 4.79 Å². The Morgan fingerprint density at radius 1 is 1.00 bits per heavy atom. The minimum atomic E-state index is -0.770. The van der Waals surface area contributed by atoms with Crippen molar-refractivity contribution < 1.29 is 33.6 Å². The molecule has 0 aromatic heterocycles. The van der Waals surface area contributed by atoms with Gasteiger partial charge in [-0.3, -0.25) is 24.0 Å². The van der Waals surface area contributed by atoms with Crippen LogP contribution in [0.4, 0.5) is 5.69 Å². The summed E-state index contributed by atoms with van der Waals surface area (Å²) in [4.78, 5) is 73.3. The number of hydrogen-bond acceptors (Lipinski definition) is 7. The van der Waals surface area contributed by atoms with Gasteiger partial charge < -0.3 is 10.2 Å². The molecule has 0 radical (unpaired) electrons. The van der Waals surface area contributed by atoms with Crippen LogP contribution in [0.3, 0.4) is 0 Å². The molecule has 0 heterocycles. The SMILES string of the molecule is CCCC(=O)N(C=O)OC(=O)CCCC(=O)Nc1ccc(CCC(=O)CC(C)=O)cc1. The molecular weight excluding hydrogens is 404 g/mol. The molecule has 0 saturated heterocycles. The Bertz CT molecular complexity index is 803. The fourth-order valence-electron chi connectivity index (χ4n) is 2.63. The number of hydroxylamine groups is 2. The van der Waals surface area contributed by atoms with Crippen LogP contribution < -0.4 is 5.32 Å². The van der Waals surface area contributed by atoms with Crippen molar-refractivity contribution in [1.82, 2.24) is 5.06 Å². The number of amides is 3. The van der Waals surface area contributed by atoms with Crippen LogP contribution in [-0.4, -0.2) is 40.8 Å². The molecule has 1 N–H and O–H groups in total. The van der Waals surface area contributed by atoms with Crippen molar-refractivity contribution in [1.29, 1.82) is 0 Å². The second-order valence-electron chi connectivity index (χ2n) is 7.05. The lowest BCUT2D eigenvalue weighted by molar-refractivity contribution is -0.196. The lowest BCUT2D eigenvalue weighted by Crippen LogP contribution is -2.32. The van der Waals surface area contributed by atoms with E-state index in [-0.39, 0.29) is 62.4 Å². The Morgan fingerprint density at radius 2 is 1.68 bits per heavy atom. The largest absolute Gasteiger partial charge is 0.333 e. The van der Waals surface area contributed by atoms with Crippen LogP contribution in [-0.2, 0) is 40.0 Å². The van der Waals surface area contributed by atoms with Gasteiger partial charge in [-0.2, -0.15) is 0 Å². The molecule has 0 aliphatic rings. The quantitative estimate of drug-likeness (QED) is 0.288. The maximum atomic E-state index is 12.0. The third-order valence-corrected chi connectivity index (χ3v) is 4.17. The number of benzene rings is 1. The van der Waals surface area contributed by atoms with Crippen molar-refractivity contribution in [2.75, 3.05) is 5.32 Å². The highest BCUT2D eigenvalue weighted by molar-refractivity contribution is 5.98. The van der Waals surface area contributed by atoms with Gasteiger partial charge in [0.2, 0.25) is 5.91 Å². The van der Waals surface area contributed by atoms with E-state index in [2.05, 4.69) is 5.32 Å². The molecule has 0 unspecified atom stereocenters. The fourth-order valence-corrected chi connectivity index (χ4v) is 2.63. The molecule has 3 amide bonds. The smallest absolute Gasteiger partial charge is 0.331 e. The Kier molecular flexibility index (Phi) is 11.4. The van der Waals surface area contributed by atoms with Crippen molar-refractivity contribution >= 4 is 41.4 Å². The maximum Gasteiger partial charge on any atom is 0.333 e. The summed E-state index contributed by atoms with van der Waals surface area (Å²) in [5.74, 6) is -1.92. The van der Waals surface area contributed by atoms with Gasteiger partial charge in [0.15, 0.2) is 0 Å². The van der Waals surface area contributed by atoms with Gasteiger partial charge in [0.1, 0.15) is 11.6 Å². The highest BCUT2D eigenvalue weighted by Gasteiger charge is 2.17. The van der Waals surface area contributed by atoms with Crippen LogP contribution in [0, 0.1) is 0 Å². The van der Waals surface area contributed by atoms with Gasteiger partial charge in [-0.1, -0.05) is 19.1 Å². The molecule has 168 valence electrons. The van der Waals surface area contributed by atoms with Crippen LogP contribution in [0.2, 0.25) is 0 Å². The van der Waals surface area contributed by atoms with E-state index in [9.17, 15) is 28.8 Å². The van der Waals surface area contributed by atoms with E-state index in [1.54, 1.807) is 31.2 Å². The van der Waals surface area contributed by atoms with Gasteiger partial charge >= 0.3 is 5.97 Å². The number of aryl methyl sites for hydroxylation is 1. The molecule has 1 aromatic carbocycles. The topological polar surface area (TPSA) is 127 Å². The average molecular weight is 432 g/mol.